The average molecular weight is 262 g/mol. The first kappa shape index (κ1) is 13.0. The van der Waals surface area contributed by atoms with Crippen LogP contribution in [0.5, 0.6) is 0 Å². The lowest BCUT2D eigenvalue weighted by molar-refractivity contribution is 0.0943. The van der Waals surface area contributed by atoms with Gasteiger partial charge in [0.25, 0.3) is 5.91 Å². The number of hydrogen-bond acceptors (Lipinski definition) is 2. The molecule has 0 aromatic heterocycles. The lowest BCUT2D eigenvalue weighted by Gasteiger charge is -2.17. The van der Waals surface area contributed by atoms with Crippen molar-refractivity contribution in [3.63, 3.8) is 0 Å². The molecule has 1 aromatic rings. The molecule has 1 amide bonds. The molecule has 1 atom stereocenters. The molecular weight excluding hydrogens is 244 g/mol. The molecule has 3 N–H and O–H groups in total. The molecule has 1 saturated carbocycles. The van der Waals surface area contributed by atoms with E-state index in [1.165, 1.54) is 0 Å². The molecule has 0 aliphatic heterocycles. The third kappa shape index (κ3) is 2.88. The van der Waals surface area contributed by atoms with Crippen LogP contribution >= 0.6 is 12.2 Å². The second-order valence-electron chi connectivity index (χ2n) is 5.01. The predicted octanol–water partition coefficient (Wildman–Crippen LogP) is 2.10. The summed E-state index contributed by atoms with van der Waals surface area (Å²) in [5.41, 5.74) is 8.51. The predicted molar refractivity (Wildman–Crippen MR) is 76.7 cm³/mol. The molecule has 0 heterocycles. The summed E-state index contributed by atoms with van der Waals surface area (Å²) >= 11 is 5.02. The van der Waals surface area contributed by atoms with Gasteiger partial charge in [-0.1, -0.05) is 29.9 Å². The Kier molecular flexibility index (Phi) is 3.66. The van der Waals surface area contributed by atoms with Crippen LogP contribution in [0.4, 0.5) is 0 Å². The number of carbonyl (C=O) groups excluding carboxylic acids is 1. The normalized spacial score (nSPS) is 16.1. The van der Waals surface area contributed by atoms with Gasteiger partial charge in [0.2, 0.25) is 0 Å². The largest absolute Gasteiger partial charge is 0.392 e. The number of aryl methyl sites for hydroxylation is 2. The Bertz CT molecular complexity index is 495. The third-order valence-electron chi connectivity index (χ3n) is 3.31. The Morgan fingerprint density at radius 3 is 2.61 bits per heavy atom. The molecule has 1 fully saturated rings. The van der Waals surface area contributed by atoms with E-state index in [1.807, 2.05) is 32.0 Å². The SMILES string of the molecule is Cc1ccc(C(=O)NC(C(N)=S)C2CC2)c(C)c1. The van der Waals surface area contributed by atoms with Crippen LogP contribution in [0.15, 0.2) is 18.2 Å². The number of rotatable bonds is 4. The van der Waals surface area contributed by atoms with Crippen LogP contribution in [-0.4, -0.2) is 16.9 Å². The van der Waals surface area contributed by atoms with Crippen molar-refractivity contribution in [2.45, 2.75) is 32.7 Å². The summed E-state index contributed by atoms with van der Waals surface area (Å²) in [5.74, 6) is 0.342. The average Bonchev–Trinajstić information content (AvgIpc) is 3.08. The maximum atomic E-state index is 12.2. The number of nitrogens with one attached hydrogen (secondary N) is 1. The van der Waals surface area contributed by atoms with Crippen molar-refractivity contribution in [1.29, 1.82) is 0 Å². The molecule has 4 heteroatoms. The minimum atomic E-state index is -0.159. The van der Waals surface area contributed by atoms with Gasteiger partial charge in [0.05, 0.1) is 11.0 Å². The van der Waals surface area contributed by atoms with Crippen LogP contribution in [0.25, 0.3) is 0 Å². The molecule has 1 aliphatic rings. The highest BCUT2D eigenvalue weighted by atomic mass is 32.1. The van der Waals surface area contributed by atoms with Gasteiger partial charge in [0, 0.05) is 5.56 Å². The lowest BCUT2D eigenvalue weighted by atomic mass is 10.0. The molecule has 18 heavy (non-hydrogen) atoms. The van der Waals surface area contributed by atoms with Crippen molar-refractivity contribution >= 4 is 23.1 Å². The van der Waals surface area contributed by atoms with Crippen LogP contribution in [0.1, 0.15) is 34.3 Å². The highest BCUT2D eigenvalue weighted by Crippen LogP contribution is 2.33. The minimum Gasteiger partial charge on any atom is -0.392 e. The van der Waals surface area contributed by atoms with Crippen molar-refractivity contribution in [3.05, 3.63) is 34.9 Å². The van der Waals surface area contributed by atoms with Crippen molar-refractivity contribution in [2.75, 3.05) is 0 Å². The van der Waals surface area contributed by atoms with Crippen molar-refractivity contribution in [3.8, 4) is 0 Å². The van der Waals surface area contributed by atoms with Gasteiger partial charge in [0.1, 0.15) is 0 Å². The maximum Gasteiger partial charge on any atom is 0.252 e. The van der Waals surface area contributed by atoms with Crippen LogP contribution in [0, 0.1) is 19.8 Å². The summed E-state index contributed by atoms with van der Waals surface area (Å²) in [6.45, 7) is 3.95. The molecular formula is C14H18N2OS. The van der Waals surface area contributed by atoms with Crippen LogP contribution in [0.2, 0.25) is 0 Å². The lowest BCUT2D eigenvalue weighted by Crippen LogP contribution is -2.45. The van der Waals surface area contributed by atoms with E-state index in [0.29, 0.717) is 16.5 Å². The monoisotopic (exact) mass is 262 g/mol. The van der Waals surface area contributed by atoms with Gasteiger partial charge in [-0.15, -0.1) is 0 Å². The topological polar surface area (TPSA) is 55.1 Å². The fraction of sp³-hybridized carbons (Fsp3) is 0.429. The Hall–Kier alpha value is -1.42. The van der Waals surface area contributed by atoms with E-state index in [1.54, 1.807) is 0 Å². The van der Waals surface area contributed by atoms with Gasteiger partial charge in [0.15, 0.2) is 0 Å². The summed E-state index contributed by atoms with van der Waals surface area (Å²) in [4.78, 5) is 12.6. The molecule has 1 aromatic carbocycles. The van der Waals surface area contributed by atoms with Gasteiger partial charge in [-0.25, -0.2) is 0 Å². The fourth-order valence-electron chi connectivity index (χ4n) is 2.14. The van der Waals surface area contributed by atoms with Crippen LogP contribution in [0.3, 0.4) is 0 Å². The summed E-state index contributed by atoms with van der Waals surface area (Å²) in [5, 5.41) is 2.95. The third-order valence-corrected chi connectivity index (χ3v) is 3.57. The van der Waals surface area contributed by atoms with E-state index in [-0.39, 0.29) is 11.9 Å². The number of carbonyl (C=O) groups is 1. The zero-order valence-electron chi connectivity index (χ0n) is 10.7. The summed E-state index contributed by atoms with van der Waals surface area (Å²) < 4.78 is 0. The number of benzene rings is 1. The smallest absolute Gasteiger partial charge is 0.252 e. The molecule has 2 rings (SSSR count). The van der Waals surface area contributed by atoms with Gasteiger partial charge in [-0.05, 0) is 44.2 Å². The van der Waals surface area contributed by atoms with Gasteiger partial charge in [-0.3, -0.25) is 4.79 Å². The number of amides is 1. The Labute approximate surface area is 113 Å². The second-order valence-corrected chi connectivity index (χ2v) is 5.48. The maximum absolute atomic E-state index is 12.2. The second kappa shape index (κ2) is 5.06. The van der Waals surface area contributed by atoms with Crippen molar-refractivity contribution < 1.29 is 4.79 Å². The summed E-state index contributed by atoms with van der Waals surface area (Å²) in [6, 6.07) is 5.63. The van der Waals surface area contributed by atoms with Gasteiger partial charge < -0.3 is 11.1 Å². The van der Waals surface area contributed by atoms with E-state index < -0.39 is 0 Å². The van der Waals surface area contributed by atoms with Crippen LogP contribution < -0.4 is 11.1 Å². The molecule has 0 bridgehead atoms. The minimum absolute atomic E-state index is 0.0859. The van der Waals surface area contributed by atoms with Gasteiger partial charge >= 0.3 is 0 Å². The van der Waals surface area contributed by atoms with Crippen LogP contribution in [-0.2, 0) is 0 Å². The number of thiocarbonyl (C=S) groups is 1. The number of hydrogen-bond donors (Lipinski definition) is 2. The summed E-state index contributed by atoms with van der Waals surface area (Å²) in [7, 11) is 0. The fourth-order valence-corrected chi connectivity index (χ4v) is 2.39. The van der Waals surface area contributed by atoms with Gasteiger partial charge in [-0.2, -0.15) is 0 Å². The first-order chi connectivity index (χ1) is 8.49. The molecule has 0 spiro atoms. The van der Waals surface area contributed by atoms with E-state index in [4.69, 9.17) is 18.0 Å². The molecule has 3 nitrogen and oxygen atoms in total. The molecule has 0 saturated heterocycles. The molecule has 96 valence electrons. The zero-order chi connectivity index (χ0) is 13.3. The highest BCUT2D eigenvalue weighted by Gasteiger charge is 2.34. The first-order valence-corrected chi connectivity index (χ1v) is 6.57. The van der Waals surface area contributed by atoms with Crippen molar-refractivity contribution in [2.24, 2.45) is 11.7 Å². The number of nitrogens with two attached hydrogens (primary N) is 1. The summed E-state index contributed by atoms with van der Waals surface area (Å²) in [6.07, 6.45) is 2.18. The zero-order valence-corrected chi connectivity index (χ0v) is 11.5. The standard InChI is InChI=1S/C14H18N2OS/c1-8-3-6-11(9(2)7-8)14(17)16-12(13(15)18)10-4-5-10/h3,6-7,10,12H,4-5H2,1-2H3,(H2,15,18)(H,16,17). The Morgan fingerprint density at radius 1 is 1.44 bits per heavy atom. The van der Waals surface area contributed by atoms with E-state index in [2.05, 4.69) is 5.32 Å². The molecule has 0 radical (unpaired) electrons. The van der Waals surface area contributed by atoms with E-state index in [9.17, 15) is 4.79 Å². The quantitative estimate of drug-likeness (QED) is 0.817. The van der Waals surface area contributed by atoms with Crippen molar-refractivity contribution in [1.82, 2.24) is 5.32 Å². The highest BCUT2D eigenvalue weighted by molar-refractivity contribution is 7.80. The Balaban J connectivity index is 2.13. The Morgan fingerprint density at radius 2 is 2.11 bits per heavy atom. The van der Waals surface area contributed by atoms with E-state index in [0.717, 1.165) is 24.0 Å². The molecule has 1 unspecified atom stereocenters. The van der Waals surface area contributed by atoms with E-state index >= 15 is 0 Å². The first-order valence-electron chi connectivity index (χ1n) is 6.16. The molecule has 1 aliphatic carbocycles.